The third-order valence-corrected chi connectivity index (χ3v) is 12.2. The van der Waals surface area contributed by atoms with Crippen LogP contribution in [0.2, 0.25) is 0 Å². The lowest BCUT2D eigenvalue weighted by atomic mass is 9.90. The summed E-state index contributed by atoms with van der Waals surface area (Å²) in [5, 5.41) is 7.11. The zero-order valence-electron chi connectivity index (χ0n) is 33.2. The minimum atomic E-state index is 0.892. The summed E-state index contributed by atoms with van der Waals surface area (Å²) >= 11 is 0. The van der Waals surface area contributed by atoms with Crippen LogP contribution in [0, 0.1) is 0 Å². The smallest absolute Gasteiger partial charge is 0.136 e. The summed E-state index contributed by atoms with van der Waals surface area (Å²) in [6, 6.07) is 83.0. The van der Waals surface area contributed by atoms with E-state index in [1.165, 1.54) is 43.8 Å². The van der Waals surface area contributed by atoms with Crippen molar-refractivity contribution in [2.45, 2.75) is 0 Å². The molecule has 0 N–H and O–H groups in total. The molecule has 2 aromatic heterocycles. The van der Waals surface area contributed by atoms with Crippen molar-refractivity contribution in [2.75, 3.05) is 4.90 Å². The van der Waals surface area contributed by atoms with Gasteiger partial charge < -0.3 is 13.9 Å². The number of para-hydroxylation sites is 5. The molecule has 0 atom stereocenters. The van der Waals surface area contributed by atoms with E-state index in [9.17, 15) is 0 Å². The van der Waals surface area contributed by atoms with Crippen LogP contribution in [0.4, 0.5) is 17.1 Å². The summed E-state index contributed by atoms with van der Waals surface area (Å²) in [5.41, 5.74) is 15.5. The minimum Gasteiger partial charge on any atom is -0.456 e. The monoisotopic (exact) mass is 778 g/mol. The Hall–Kier alpha value is -8.14. The zero-order chi connectivity index (χ0) is 40.3. The highest BCUT2D eigenvalue weighted by molar-refractivity contribution is 6.16. The molecule has 0 amide bonds. The van der Waals surface area contributed by atoms with E-state index in [-0.39, 0.29) is 0 Å². The lowest BCUT2D eigenvalue weighted by molar-refractivity contribution is 0.669. The standard InChI is InChI=1S/C58H38N2O/c1-3-17-39(18-4-1)44-26-13-19-41-20-14-28-48(56(41)44)46-23-7-10-30-51(46)59(43-37-35-40(36-38-43)45-27-16-34-55-57(45)50-25-9-12-33-54(50)61-55)53-32-15-29-49-47-24-8-11-31-52(47)60(58(49)53)42-21-5-2-6-22-42/h1-38H. The summed E-state index contributed by atoms with van der Waals surface area (Å²) in [6.07, 6.45) is 0. The van der Waals surface area contributed by atoms with Crippen LogP contribution in [0.15, 0.2) is 235 Å². The summed E-state index contributed by atoms with van der Waals surface area (Å²) in [6.45, 7) is 0. The van der Waals surface area contributed by atoms with Crippen LogP contribution in [0.1, 0.15) is 0 Å². The van der Waals surface area contributed by atoms with Crippen molar-refractivity contribution in [2.24, 2.45) is 0 Å². The fourth-order valence-corrected chi connectivity index (χ4v) is 9.56. The Labute approximate surface area is 353 Å². The van der Waals surface area contributed by atoms with Crippen LogP contribution in [0.3, 0.4) is 0 Å². The van der Waals surface area contributed by atoms with E-state index in [4.69, 9.17) is 4.42 Å². The molecule has 0 saturated carbocycles. The fourth-order valence-electron chi connectivity index (χ4n) is 9.56. The highest BCUT2D eigenvalue weighted by Gasteiger charge is 2.24. The van der Waals surface area contributed by atoms with E-state index in [0.717, 1.165) is 66.9 Å². The van der Waals surface area contributed by atoms with Gasteiger partial charge in [0.2, 0.25) is 0 Å². The molecule has 0 bridgehead atoms. The van der Waals surface area contributed by atoms with Crippen LogP contribution >= 0.6 is 0 Å². The number of hydrogen-bond donors (Lipinski definition) is 0. The molecular formula is C58H38N2O. The first kappa shape index (κ1) is 34.9. The van der Waals surface area contributed by atoms with Gasteiger partial charge in [0.05, 0.1) is 22.4 Å². The van der Waals surface area contributed by atoms with Gasteiger partial charge in [-0.15, -0.1) is 0 Å². The van der Waals surface area contributed by atoms with Crippen molar-refractivity contribution in [3.05, 3.63) is 231 Å². The van der Waals surface area contributed by atoms with E-state index in [1.54, 1.807) is 0 Å². The Balaban J connectivity index is 1.14. The summed E-state index contributed by atoms with van der Waals surface area (Å²) in [5.74, 6) is 0. The van der Waals surface area contributed by atoms with Gasteiger partial charge in [0.1, 0.15) is 11.2 Å². The first-order chi connectivity index (χ1) is 30.3. The maximum absolute atomic E-state index is 6.32. The first-order valence-electron chi connectivity index (χ1n) is 20.9. The molecular weight excluding hydrogens is 741 g/mol. The molecule has 0 aliphatic carbocycles. The molecule has 0 aliphatic rings. The Morgan fingerprint density at radius 1 is 0.344 bits per heavy atom. The van der Waals surface area contributed by atoms with Crippen molar-refractivity contribution < 1.29 is 4.42 Å². The molecule has 12 aromatic rings. The highest BCUT2D eigenvalue weighted by atomic mass is 16.3. The van der Waals surface area contributed by atoms with Crippen LogP contribution < -0.4 is 4.90 Å². The average Bonchev–Trinajstić information content (AvgIpc) is 3.89. The summed E-state index contributed by atoms with van der Waals surface area (Å²) < 4.78 is 8.75. The number of rotatable bonds is 7. The normalized spacial score (nSPS) is 11.6. The third kappa shape index (κ3) is 5.66. The maximum atomic E-state index is 6.32. The Morgan fingerprint density at radius 3 is 1.72 bits per heavy atom. The molecule has 0 aliphatic heterocycles. The predicted octanol–water partition coefficient (Wildman–Crippen LogP) is 16.3. The zero-order valence-corrected chi connectivity index (χ0v) is 33.2. The number of aromatic nitrogens is 1. The molecule has 10 aromatic carbocycles. The number of furan rings is 1. The topological polar surface area (TPSA) is 21.3 Å². The van der Waals surface area contributed by atoms with Gasteiger partial charge >= 0.3 is 0 Å². The highest BCUT2D eigenvalue weighted by Crippen LogP contribution is 2.48. The quantitative estimate of drug-likeness (QED) is 0.161. The third-order valence-electron chi connectivity index (χ3n) is 12.2. The summed E-state index contributed by atoms with van der Waals surface area (Å²) in [4.78, 5) is 2.47. The number of fused-ring (bicyclic) bond motifs is 7. The van der Waals surface area contributed by atoms with E-state index in [0.29, 0.717) is 0 Å². The molecule has 3 heteroatoms. The molecule has 12 rings (SSSR count). The molecule has 0 radical (unpaired) electrons. The number of anilines is 3. The molecule has 0 unspecified atom stereocenters. The van der Waals surface area contributed by atoms with Crippen LogP contribution in [0.5, 0.6) is 0 Å². The van der Waals surface area contributed by atoms with Gasteiger partial charge in [0, 0.05) is 38.5 Å². The van der Waals surface area contributed by atoms with E-state index >= 15 is 0 Å². The van der Waals surface area contributed by atoms with E-state index < -0.39 is 0 Å². The second-order valence-corrected chi connectivity index (χ2v) is 15.6. The fraction of sp³-hybridized carbons (Fsp3) is 0. The number of hydrogen-bond acceptors (Lipinski definition) is 2. The Kier molecular flexibility index (Phi) is 8.17. The van der Waals surface area contributed by atoms with Gasteiger partial charge in [-0.3, -0.25) is 0 Å². The van der Waals surface area contributed by atoms with Crippen LogP contribution in [-0.4, -0.2) is 4.57 Å². The summed E-state index contributed by atoms with van der Waals surface area (Å²) in [7, 11) is 0. The molecule has 0 spiro atoms. The van der Waals surface area contributed by atoms with E-state index in [2.05, 4.69) is 228 Å². The molecule has 0 fully saturated rings. The van der Waals surface area contributed by atoms with E-state index in [1.807, 2.05) is 12.1 Å². The van der Waals surface area contributed by atoms with Crippen molar-refractivity contribution in [3.63, 3.8) is 0 Å². The number of nitrogens with zero attached hydrogens (tertiary/aromatic N) is 2. The van der Waals surface area contributed by atoms with Crippen molar-refractivity contribution in [3.8, 4) is 39.1 Å². The molecule has 0 saturated heterocycles. The molecule has 286 valence electrons. The predicted molar refractivity (Wildman–Crippen MR) is 257 cm³/mol. The minimum absolute atomic E-state index is 0.892. The second-order valence-electron chi connectivity index (χ2n) is 15.6. The van der Waals surface area contributed by atoms with Crippen LogP contribution in [-0.2, 0) is 0 Å². The van der Waals surface area contributed by atoms with Gasteiger partial charge in [0.15, 0.2) is 0 Å². The molecule has 3 nitrogen and oxygen atoms in total. The first-order valence-corrected chi connectivity index (χ1v) is 20.9. The molecule has 2 heterocycles. The van der Waals surface area contributed by atoms with Gasteiger partial charge in [-0.2, -0.15) is 0 Å². The number of benzene rings is 10. The Bertz CT molecular complexity index is 3580. The van der Waals surface area contributed by atoms with Gasteiger partial charge in [-0.1, -0.05) is 176 Å². The van der Waals surface area contributed by atoms with Crippen molar-refractivity contribution >= 4 is 71.6 Å². The lowest BCUT2D eigenvalue weighted by Gasteiger charge is -2.29. The largest absolute Gasteiger partial charge is 0.456 e. The maximum Gasteiger partial charge on any atom is 0.136 e. The SMILES string of the molecule is c1ccc(-c2cccc3cccc(-c4ccccc4N(c4ccc(-c5cccc6oc7ccccc7c56)cc4)c4cccc5c6ccccc6n(-c6ccccc6)c45)c23)cc1. The van der Waals surface area contributed by atoms with Crippen molar-refractivity contribution in [1.82, 2.24) is 4.57 Å². The molecule has 61 heavy (non-hydrogen) atoms. The van der Waals surface area contributed by atoms with Gasteiger partial charge in [-0.25, -0.2) is 0 Å². The van der Waals surface area contributed by atoms with Gasteiger partial charge in [0.25, 0.3) is 0 Å². The van der Waals surface area contributed by atoms with Crippen LogP contribution in [0.25, 0.3) is 93.6 Å². The van der Waals surface area contributed by atoms with Gasteiger partial charge in [-0.05, 0) is 93.2 Å². The average molecular weight is 779 g/mol. The van der Waals surface area contributed by atoms with Crippen molar-refractivity contribution in [1.29, 1.82) is 0 Å². The lowest BCUT2D eigenvalue weighted by Crippen LogP contribution is -2.13. The second kappa shape index (κ2) is 14.3. The Morgan fingerprint density at radius 2 is 0.902 bits per heavy atom.